The van der Waals surface area contributed by atoms with Crippen LogP contribution in [-0.4, -0.2) is 24.5 Å². The Bertz CT molecular complexity index is 260. The number of halogens is 1. The highest BCUT2D eigenvalue weighted by atomic mass is 35.5. The molecule has 0 saturated carbocycles. The highest BCUT2D eigenvalue weighted by Gasteiger charge is 2.02. The molecule has 0 unspecified atom stereocenters. The molecule has 2 N–H and O–H groups in total. The Balaban J connectivity index is 0. The molecule has 0 aliphatic heterocycles. The number of hydrogen-bond donors (Lipinski definition) is 2. The molecule has 0 saturated heterocycles. The van der Waals surface area contributed by atoms with Crippen molar-refractivity contribution in [2.75, 3.05) is 19.3 Å². The molecule has 0 amide bonds. The quantitative estimate of drug-likeness (QED) is 0.243. The molecule has 0 atom stereocenters. The van der Waals surface area contributed by atoms with Crippen molar-refractivity contribution in [3.05, 3.63) is 0 Å². The number of rotatable bonds is 16. The maximum atomic E-state index is 3.53. The molecule has 0 radical (unpaired) electrons. The van der Waals surface area contributed by atoms with Gasteiger partial charge in [0.05, 0.1) is 13.1 Å². The number of amidine groups is 1. The Hall–Kier alpha value is 0.110. The average molecular weight is 379 g/mol. The molecule has 0 aliphatic rings. The standard InChI is InChI=1S/C20H42N2S.ClH/c1-4-6-8-9-10-11-12-13-14-15-16-17-19-22-20(23-3)21-18-7-5-2;/h4-19H2,1-3H3,(H,21,22);1H. The van der Waals surface area contributed by atoms with Crippen LogP contribution in [0.25, 0.3) is 0 Å². The van der Waals surface area contributed by atoms with Crippen molar-refractivity contribution in [3.8, 4) is 0 Å². The summed E-state index contributed by atoms with van der Waals surface area (Å²) >= 11 is 1.80. The first-order chi connectivity index (χ1) is 11.3. The molecule has 24 heavy (non-hydrogen) atoms. The Kier molecular flexibility index (Phi) is 25.4. The Morgan fingerprint density at radius 3 is 1.62 bits per heavy atom. The lowest BCUT2D eigenvalue weighted by molar-refractivity contribution is -0.456. The fraction of sp³-hybridized carbons (Fsp3) is 0.950. The van der Waals surface area contributed by atoms with Crippen molar-refractivity contribution >= 4 is 16.9 Å². The second kappa shape index (κ2) is 23.1. The molecule has 0 spiro atoms. The molecule has 0 aromatic rings. The molecule has 4 heteroatoms. The summed E-state index contributed by atoms with van der Waals surface area (Å²) in [6.07, 6.45) is 21.7. The van der Waals surface area contributed by atoms with E-state index in [1.54, 1.807) is 11.8 Å². The minimum absolute atomic E-state index is 0. The van der Waals surface area contributed by atoms with Crippen LogP contribution in [0, 0.1) is 0 Å². The van der Waals surface area contributed by atoms with Gasteiger partial charge >= 0.3 is 5.17 Å². The third kappa shape index (κ3) is 20.2. The lowest BCUT2D eigenvalue weighted by Gasteiger charge is -2.02. The van der Waals surface area contributed by atoms with E-state index >= 15 is 0 Å². The van der Waals surface area contributed by atoms with Crippen LogP contribution in [0.2, 0.25) is 0 Å². The third-order valence-corrected chi connectivity index (χ3v) is 5.03. The van der Waals surface area contributed by atoms with Crippen molar-refractivity contribution < 1.29 is 17.4 Å². The molecule has 2 nitrogen and oxygen atoms in total. The van der Waals surface area contributed by atoms with E-state index in [1.165, 1.54) is 95.1 Å². The number of unbranched alkanes of at least 4 members (excludes halogenated alkanes) is 12. The molecule has 0 aliphatic carbocycles. The normalized spacial score (nSPS) is 11.4. The average Bonchev–Trinajstić information content (AvgIpc) is 2.57. The van der Waals surface area contributed by atoms with Crippen molar-refractivity contribution in [2.24, 2.45) is 0 Å². The van der Waals surface area contributed by atoms with Gasteiger partial charge in [0.25, 0.3) is 0 Å². The summed E-state index contributed by atoms with van der Waals surface area (Å²) in [4.78, 5) is 3.53. The fourth-order valence-corrected chi connectivity index (χ4v) is 3.25. The largest absolute Gasteiger partial charge is 1.00 e. The van der Waals surface area contributed by atoms with Gasteiger partial charge in [0.15, 0.2) is 0 Å². The lowest BCUT2D eigenvalue weighted by Crippen LogP contribution is -3.00. The van der Waals surface area contributed by atoms with E-state index in [9.17, 15) is 0 Å². The molecule has 146 valence electrons. The minimum atomic E-state index is 0. The molecule has 0 aromatic carbocycles. The van der Waals surface area contributed by atoms with Crippen LogP contribution in [0.4, 0.5) is 0 Å². The zero-order valence-electron chi connectivity index (χ0n) is 16.6. The summed E-state index contributed by atoms with van der Waals surface area (Å²) in [6.45, 7) is 6.74. The first kappa shape index (κ1) is 26.3. The van der Waals surface area contributed by atoms with Crippen molar-refractivity contribution in [1.82, 2.24) is 5.32 Å². The van der Waals surface area contributed by atoms with Crippen molar-refractivity contribution in [1.29, 1.82) is 0 Å². The van der Waals surface area contributed by atoms with E-state index in [1.807, 2.05) is 0 Å². The van der Waals surface area contributed by atoms with E-state index in [0.717, 1.165) is 13.1 Å². The summed E-state index contributed by atoms with van der Waals surface area (Å²) in [7, 11) is 0. The summed E-state index contributed by atoms with van der Waals surface area (Å²) < 4.78 is 0. The van der Waals surface area contributed by atoms with Gasteiger partial charge in [0.2, 0.25) is 0 Å². The van der Waals surface area contributed by atoms with Crippen LogP contribution in [0.5, 0.6) is 0 Å². The van der Waals surface area contributed by atoms with Gasteiger partial charge in [-0.1, -0.05) is 84.5 Å². The summed E-state index contributed by atoms with van der Waals surface area (Å²) in [6, 6.07) is 0. The Morgan fingerprint density at radius 2 is 1.17 bits per heavy atom. The zero-order chi connectivity index (χ0) is 17.0. The van der Waals surface area contributed by atoms with E-state index in [4.69, 9.17) is 0 Å². The topological polar surface area (TPSA) is 26.0 Å². The smallest absolute Gasteiger partial charge is 0.303 e. The molecule has 0 fully saturated rings. The van der Waals surface area contributed by atoms with Crippen LogP contribution >= 0.6 is 11.8 Å². The molecule has 0 aromatic heterocycles. The van der Waals surface area contributed by atoms with E-state index in [0.29, 0.717) is 0 Å². The molecule has 0 rings (SSSR count). The molecule has 0 bridgehead atoms. The number of nitrogens with one attached hydrogen (secondary N) is 2. The van der Waals surface area contributed by atoms with E-state index < -0.39 is 0 Å². The number of thioether (sulfide) groups is 1. The molecule has 0 heterocycles. The fourth-order valence-electron chi connectivity index (χ4n) is 2.75. The SMILES string of the molecule is CCCCCCCCCCCCCC[NH+]=C(NCCCC)SC.[Cl-]. The van der Waals surface area contributed by atoms with Crippen LogP contribution in [0.3, 0.4) is 0 Å². The van der Waals surface area contributed by atoms with Gasteiger partial charge in [-0.3, -0.25) is 10.3 Å². The van der Waals surface area contributed by atoms with Gasteiger partial charge in [-0.25, -0.2) is 0 Å². The van der Waals surface area contributed by atoms with Crippen LogP contribution < -0.4 is 22.7 Å². The van der Waals surface area contributed by atoms with Crippen LogP contribution in [0.1, 0.15) is 104 Å². The summed E-state index contributed by atoms with van der Waals surface area (Å²) in [5, 5.41) is 4.73. The Morgan fingerprint density at radius 1 is 0.708 bits per heavy atom. The van der Waals surface area contributed by atoms with Gasteiger partial charge < -0.3 is 12.4 Å². The van der Waals surface area contributed by atoms with Gasteiger partial charge in [-0.05, 0) is 37.3 Å². The highest BCUT2D eigenvalue weighted by Crippen LogP contribution is 2.11. The van der Waals surface area contributed by atoms with E-state index in [-0.39, 0.29) is 12.4 Å². The molecular formula is C20H43ClN2S. The van der Waals surface area contributed by atoms with Crippen molar-refractivity contribution in [3.63, 3.8) is 0 Å². The van der Waals surface area contributed by atoms with E-state index in [2.05, 4.69) is 30.4 Å². The van der Waals surface area contributed by atoms with Gasteiger partial charge in [0, 0.05) is 0 Å². The maximum Gasteiger partial charge on any atom is 0.303 e. The molecular weight excluding hydrogens is 336 g/mol. The number of hydrogen-bond acceptors (Lipinski definition) is 1. The lowest BCUT2D eigenvalue weighted by atomic mass is 10.1. The van der Waals surface area contributed by atoms with Crippen molar-refractivity contribution in [2.45, 2.75) is 104 Å². The second-order valence-electron chi connectivity index (χ2n) is 6.63. The first-order valence-electron chi connectivity index (χ1n) is 10.2. The highest BCUT2D eigenvalue weighted by molar-refractivity contribution is 8.12. The summed E-state index contributed by atoms with van der Waals surface area (Å²) in [5.41, 5.74) is 0. The Labute approximate surface area is 162 Å². The predicted molar refractivity (Wildman–Crippen MR) is 108 cm³/mol. The van der Waals surface area contributed by atoms with Crippen LogP contribution in [0.15, 0.2) is 0 Å². The first-order valence-corrected chi connectivity index (χ1v) is 11.5. The van der Waals surface area contributed by atoms with Gasteiger partial charge in [-0.15, -0.1) is 0 Å². The maximum absolute atomic E-state index is 3.53. The second-order valence-corrected chi connectivity index (χ2v) is 7.45. The third-order valence-electron chi connectivity index (χ3n) is 4.34. The van der Waals surface area contributed by atoms with Gasteiger partial charge in [-0.2, -0.15) is 0 Å². The monoisotopic (exact) mass is 378 g/mol. The van der Waals surface area contributed by atoms with Crippen LogP contribution in [-0.2, 0) is 0 Å². The van der Waals surface area contributed by atoms with Gasteiger partial charge in [0.1, 0.15) is 0 Å². The summed E-state index contributed by atoms with van der Waals surface area (Å²) in [5.74, 6) is 0. The minimum Gasteiger partial charge on any atom is -1.00 e. The predicted octanol–water partition coefficient (Wildman–Crippen LogP) is 1.88. The zero-order valence-corrected chi connectivity index (χ0v) is 18.2.